The Morgan fingerprint density at radius 1 is 1.11 bits per heavy atom. The summed E-state index contributed by atoms with van der Waals surface area (Å²) in [5, 5.41) is 14.9. The number of hydrogen-bond acceptors (Lipinski definition) is 4. The van der Waals surface area contributed by atoms with Crippen LogP contribution in [0.5, 0.6) is 0 Å². The predicted molar refractivity (Wildman–Crippen MR) is 110 cm³/mol. The minimum atomic E-state index is -0.977. The minimum Gasteiger partial charge on any atom is -0.481 e. The summed E-state index contributed by atoms with van der Waals surface area (Å²) >= 11 is 13.3. The standard InChI is InChI=1S/C19H18Cl2N2O4S/c20-9-5-6-10(14(21)7-9)13-8-28-18(15(13)16(22)24)23-17(25)11-3-1-2-4-12(11)19(26)27/h5-8,11-12H,1-4H2,(H2,22,24)(H,23,25)(H,26,27)/t11-,12-/m1/s1. The summed E-state index contributed by atoms with van der Waals surface area (Å²) in [4.78, 5) is 36.3. The summed E-state index contributed by atoms with van der Waals surface area (Å²) in [5.74, 6) is -3.47. The number of aliphatic carboxylic acids is 1. The van der Waals surface area contributed by atoms with Crippen molar-refractivity contribution in [2.45, 2.75) is 25.7 Å². The van der Waals surface area contributed by atoms with Gasteiger partial charge in [0.1, 0.15) is 5.00 Å². The Labute approximate surface area is 175 Å². The molecule has 1 aromatic carbocycles. The van der Waals surface area contributed by atoms with Crippen LogP contribution in [0.2, 0.25) is 10.0 Å². The molecule has 1 saturated carbocycles. The van der Waals surface area contributed by atoms with E-state index in [0.717, 1.165) is 24.2 Å². The highest BCUT2D eigenvalue weighted by atomic mass is 35.5. The molecule has 2 aromatic rings. The number of thiophene rings is 1. The van der Waals surface area contributed by atoms with Gasteiger partial charge in [0.05, 0.1) is 17.4 Å². The van der Waals surface area contributed by atoms with Gasteiger partial charge in [-0.25, -0.2) is 0 Å². The second-order valence-corrected chi connectivity index (χ2v) is 8.39. The van der Waals surface area contributed by atoms with Crippen molar-refractivity contribution in [3.63, 3.8) is 0 Å². The van der Waals surface area contributed by atoms with Crippen molar-refractivity contribution < 1.29 is 19.5 Å². The average molecular weight is 441 g/mol. The summed E-state index contributed by atoms with van der Waals surface area (Å²) in [6, 6.07) is 4.87. The van der Waals surface area contributed by atoms with Crippen LogP contribution in [0, 0.1) is 11.8 Å². The van der Waals surface area contributed by atoms with E-state index in [0.29, 0.717) is 34.0 Å². The average Bonchev–Trinajstić information content (AvgIpc) is 3.05. The number of carbonyl (C=O) groups excluding carboxylic acids is 2. The molecule has 9 heteroatoms. The normalized spacial score (nSPS) is 19.2. The monoisotopic (exact) mass is 440 g/mol. The van der Waals surface area contributed by atoms with Crippen LogP contribution in [-0.4, -0.2) is 22.9 Å². The van der Waals surface area contributed by atoms with Gasteiger partial charge in [0.15, 0.2) is 0 Å². The molecule has 1 aliphatic rings. The first kappa shape index (κ1) is 20.6. The third kappa shape index (κ3) is 4.16. The summed E-state index contributed by atoms with van der Waals surface area (Å²) < 4.78 is 0. The fourth-order valence-electron chi connectivity index (χ4n) is 3.55. The Kier molecular flexibility index (Phi) is 6.27. The second kappa shape index (κ2) is 8.51. The van der Waals surface area contributed by atoms with Crippen molar-refractivity contribution in [1.29, 1.82) is 0 Å². The molecule has 1 heterocycles. The number of nitrogens with one attached hydrogen (secondary N) is 1. The number of halogens is 2. The molecule has 0 spiro atoms. The largest absolute Gasteiger partial charge is 0.481 e. The number of benzene rings is 1. The van der Waals surface area contributed by atoms with Crippen LogP contribution < -0.4 is 11.1 Å². The van der Waals surface area contributed by atoms with Gasteiger partial charge in [0.25, 0.3) is 5.91 Å². The Bertz CT molecular complexity index is 944. The van der Waals surface area contributed by atoms with E-state index >= 15 is 0 Å². The number of carboxylic acids is 1. The molecule has 0 bridgehead atoms. The summed E-state index contributed by atoms with van der Waals surface area (Å²) in [7, 11) is 0. The number of anilines is 1. The fourth-order valence-corrected chi connectivity index (χ4v) is 5.02. The molecule has 3 rings (SSSR count). The zero-order valence-corrected chi connectivity index (χ0v) is 17.0. The lowest BCUT2D eigenvalue weighted by Gasteiger charge is -2.27. The molecule has 2 atom stereocenters. The Balaban J connectivity index is 1.92. The third-order valence-corrected chi connectivity index (χ3v) is 6.36. The molecule has 0 saturated heterocycles. The van der Waals surface area contributed by atoms with Crippen molar-refractivity contribution in [3.05, 3.63) is 39.2 Å². The summed E-state index contributed by atoms with van der Waals surface area (Å²) in [6.07, 6.45) is 2.54. The maximum atomic E-state index is 12.8. The molecule has 1 aromatic heterocycles. The fraction of sp³-hybridized carbons (Fsp3) is 0.316. The lowest BCUT2D eigenvalue weighted by atomic mass is 9.78. The zero-order chi connectivity index (χ0) is 20.4. The Hall–Kier alpha value is -2.09. The smallest absolute Gasteiger partial charge is 0.307 e. The number of amides is 2. The number of rotatable bonds is 5. The van der Waals surface area contributed by atoms with Gasteiger partial charge in [0.2, 0.25) is 5.91 Å². The molecule has 1 fully saturated rings. The van der Waals surface area contributed by atoms with Crippen molar-refractivity contribution in [2.75, 3.05) is 5.32 Å². The first-order valence-electron chi connectivity index (χ1n) is 8.70. The van der Waals surface area contributed by atoms with Gasteiger partial charge >= 0.3 is 5.97 Å². The van der Waals surface area contributed by atoms with E-state index in [1.54, 1.807) is 23.6 Å². The van der Waals surface area contributed by atoms with E-state index in [1.807, 2.05) is 0 Å². The van der Waals surface area contributed by atoms with Gasteiger partial charge in [-0.05, 0) is 25.0 Å². The van der Waals surface area contributed by atoms with Crippen molar-refractivity contribution in [1.82, 2.24) is 0 Å². The van der Waals surface area contributed by atoms with Gasteiger partial charge in [-0.1, -0.05) is 42.1 Å². The highest BCUT2D eigenvalue weighted by Gasteiger charge is 2.36. The van der Waals surface area contributed by atoms with Gasteiger partial charge in [-0.2, -0.15) is 0 Å². The van der Waals surface area contributed by atoms with E-state index in [2.05, 4.69) is 5.32 Å². The second-order valence-electron chi connectivity index (χ2n) is 6.67. The minimum absolute atomic E-state index is 0.144. The van der Waals surface area contributed by atoms with E-state index in [9.17, 15) is 19.5 Å². The van der Waals surface area contributed by atoms with Crippen LogP contribution in [0.3, 0.4) is 0 Å². The van der Waals surface area contributed by atoms with Gasteiger partial charge in [0, 0.05) is 26.6 Å². The molecule has 4 N–H and O–H groups in total. The molecule has 2 amide bonds. The first-order valence-corrected chi connectivity index (χ1v) is 10.3. The topological polar surface area (TPSA) is 109 Å². The number of carbonyl (C=O) groups is 3. The Morgan fingerprint density at radius 3 is 2.39 bits per heavy atom. The molecule has 148 valence electrons. The maximum absolute atomic E-state index is 12.8. The molecule has 28 heavy (non-hydrogen) atoms. The van der Waals surface area contributed by atoms with Crippen LogP contribution >= 0.6 is 34.5 Å². The van der Waals surface area contributed by atoms with E-state index in [-0.39, 0.29) is 10.6 Å². The van der Waals surface area contributed by atoms with E-state index in [4.69, 9.17) is 28.9 Å². The van der Waals surface area contributed by atoms with Crippen molar-refractivity contribution >= 4 is 57.3 Å². The van der Waals surface area contributed by atoms with Crippen molar-refractivity contribution in [3.8, 4) is 11.1 Å². The first-order chi connectivity index (χ1) is 13.3. The summed E-state index contributed by atoms with van der Waals surface area (Å²) in [6.45, 7) is 0. The zero-order valence-electron chi connectivity index (χ0n) is 14.7. The van der Waals surface area contributed by atoms with E-state index in [1.165, 1.54) is 0 Å². The molecular formula is C19H18Cl2N2O4S. The van der Waals surface area contributed by atoms with Crippen molar-refractivity contribution in [2.24, 2.45) is 17.6 Å². The quantitative estimate of drug-likeness (QED) is 0.627. The van der Waals surface area contributed by atoms with Crippen LogP contribution in [0.25, 0.3) is 11.1 Å². The van der Waals surface area contributed by atoms with E-state index < -0.39 is 29.6 Å². The number of hydrogen-bond donors (Lipinski definition) is 3. The number of nitrogens with two attached hydrogens (primary N) is 1. The number of carboxylic acid groups (broad SMARTS) is 1. The van der Waals surface area contributed by atoms with Crippen LogP contribution in [0.1, 0.15) is 36.0 Å². The predicted octanol–water partition coefficient (Wildman–Crippen LogP) is 4.65. The van der Waals surface area contributed by atoms with Crippen LogP contribution in [0.4, 0.5) is 5.00 Å². The van der Waals surface area contributed by atoms with Gasteiger partial charge in [-0.15, -0.1) is 11.3 Å². The molecular weight excluding hydrogens is 423 g/mol. The summed E-state index contributed by atoms with van der Waals surface area (Å²) in [5.41, 5.74) is 6.76. The maximum Gasteiger partial charge on any atom is 0.307 e. The third-order valence-electron chi connectivity index (χ3n) is 4.92. The van der Waals surface area contributed by atoms with Crippen LogP contribution in [0.15, 0.2) is 23.6 Å². The van der Waals surface area contributed by atoms with Crippen LogP contribution in [-0.2, 0) is 9.59 Å². The lowest BCUT2D eigenvalue weighted by Crippen LogP contribution is -2.36. The molecule has 6 nitrogen and oxygen atoms in total. The lowest BCUT2D eigenvalue weighted by molar-refractivity contribution is -0.147. The highest BCUT2D eigenvalue weighted by Crippen LogP contribution is 2.40. The van der Waals surface area contributed by atoms with Gasteiger partial charge < -0.3 is 16.2 Å². The SMILES string of the molecule is NC(=O)c1c(-c2ccc(Cl)cc2Cl)csc1NC(=O)[C@@H]1CCCC[C@H]1C(=O)O. The number of primary amides is 1. The molecule has 0 unspecified atom stereocenters. The molecule has 0 radical (unpaired) electrons. The van der Waals surface area contributed by atoms with Gasteiger partial charge in [-0.3, -0.25) is 14.4 Å². The highest BCUT2D eigenvalue weighted by molar-refractivity contribution is 7.15. The molecule has 0 aliphatic heterocycles. The molecule has 1 aliphatic carbocycles. The Morgan fingerprint density at radius 2 is 1.79 bits per heavy atom.